The highest BCUT2D eigenvalue weighted by Gasteiger charge is 2.28. The van der Waals surface area contributed by atoms with Gasteiger partial charge >= 0.3 is 0 Å². The van der Waals surface area contributed by atoms with E-state index in [0.29, 0.717) is 13.0 Å². The number of carbonyl (C=O) groups is 1. The second-order valence-corrected chi connectivity index (χ2v) is 7.14. The number of pyridine rings is 1. The molecule has 3 heterocycles. The summed E-state index contributed by atoms with van der Waals surface area (Å²) >= 11 is 0. The van der Waals surface area contributed by atoms with Crippen molar-refractivity contribution in [3.8, 4) is 5.75 Å². The van der Waals surface area contributed by atoms with E-state index in [1.165, 1.54) is 0 Å². The standard InChI is InChI=1S/C19H27N5O2/c1-14-15(11-21-23(14)4)9-19(25)24-8-6-18(13-24)26-17-5-7-20-16(10-17)12-22(2)3/h5,7,10-11,18H,6,8-9,12-13H2,1-4H3. The van der Waals surface area contributed by atoms with Crippen molar-refractivity contribution in [2.45, 2.75) is 32.4 Å². The van der Waals surface area contributed by atoms with Crippen LogP contribution in [0.4, 0.5) is 0 Å². The monoisotopic (exact) mass is 357 g/mol. The lowest BCUT2D eigenvalue weighted by molar-refractivity contribution is -0.129. The zero-order chi connectivity index (χ0) is 18.7. The van der Waals surface area contributed by atoms with Crippen LogP contribution in [0.25, 0.3) is 0 Å². The van der Waals surface area contributed by atoms with E-state index in [9.17, 15) is 4.79 Å². The molecule has 3 rings (SSSR count). The molecule has 0 spiro atoms. The van der Waals surface area contributed by atoms with Crippen LogP contribution in [0, 0.1) is 6.92 Å². The van der Waals surface area contributed by atoms with Crippen LogP contribution in [0.1, 0.15) is 23.4 Å². The highest BCUT2D eigenvalue weighted by molar-refractivity contribution is 5.79. The lowest BCUT2D eigenvalue weighted by atomic mass is 10.2. The first-order valence-electron chi connectivity index (χ1n) is 8.94. The van der Waals surface area contributed by atoms with Crippen molar-refractivity contribution in [3.05, 3.63) is 41.5 Å². The van der Waals surface area contributed by atoms with Gasteiger partial charge in [0, 0.05) is 50.1 Å². The molecule has 1 unspecified atom stereocenters. The maximum absolute atomic E-state index is 12.6. The molecule has 1 saturated heterocycles. The molecule has 2 aromatic heterocycles. The molecule has 7 heteroatoms. The minimum absolute atomic E-state index is 0.0311. The molecular formula is C19H27N5O2. The van der Waals surface area contributed by atoms with Crippen LogP contribution in [0.15, 0.2) is 24.5 Å². The van der Waals surface area contributed by atoms with Crippen LogP contribution in [-0.2, 0) is 24.8 Å². The van der Waals surface area contributed by atoms with Gasteiger partial charge in [-0.1, -0.05) is 0 Å². The number of aryl methyl sites for hydroxylation is 1. The maximum atomic E-state index is 12.6. The van der Waals surface area contributed by atoms with Crippen LogP contribution in [-0.4, -0.2) is 63.8 Å². The van der Waals surface area contributed by atoms with Gasteiger partial charge in [0.05, 0.1) is 24.9 Å². The predicted molar refractivity (Wildman–Crippen MR) is 98.9 cm³/mol. The summed E-state index contributed by atoms with van der Waals surface area (Å²) in [5.41, 5.74) is 3.00. The number of amides is 1. The van der Waals surface area contributed by atoms with Crippen LogP contribution in [0.3, 0.4) is 0 Å². The smallest absolute Gasteiger partial charge is 0.227 e. The average Bonchev–Trinajstić information content (AvgIpc) is 3.17. The predicted octanol–water partition coefficient (Wildman–Crippen LogP) is 1.41. The molecule has 2 aromatic rings. The molecule has 140 valence electrons. The number of ether oxygens (including phenoxy) is 1. The number of aromatic nitrogens is 3. The molecule has 1 fully saturated rings. The van der Waals surface area contributed by atoms with Crippen LogP contribution >= 0.6 is 0 Å². The van der Waals surface area contributed by atoms with Gasteiger partial charge in [-0.3, -0.25) is 14.5 Å². The largest absolute Gasteiger partial charge is 0.488 e. The molecule has 0 aromatic carbocycles. The summed E-state index contributed by atoms with van der Waals surface area (Å²) in [6, 6.07) is 3.85. The lowest BCUT2D eigenvalue weighted by Gasteiger charge is -2.18. The third kappa shape index (κ3) is 4.40. The van der Waals surface area contributed by atoms with Crippen molar-refractivity contribution in [1.82, 2.24) is 24.6 Å². The van der Waals surface area contributed by atoms with Gasteiger partial charge in [-0.2, -0.15) is 5.10 Å². The number of likely N-dealkylation sites (tertiary alicyclic amines) is 1. The Bertz CT molecular complexity index is 771. The molecule has 0 aliphatic carbocycles. The van der Waals surface area contributed by atoms with Crippen molar-refractivity contribution in [3.63, 3.8) is 0 Å². The Morgan fingerprint density at radius 2 is 2.23 bits per heavy atom. The third-order valence-electron chi connectivity index (χ3n) is 4.75. The Labute approximate surface area is 154 Å². The number of carbonyl (C=O) groups excluding carboxylic acids is 1. The van der Waals surface area contributed by atoms with E-state index < -0.39 is 0 Å². The highest BCUT2D eigenvalue weighted by atomic mass is 16.5. The molecule has 26 heavy (non-hydrogen) atoms. The van der Waals surface area contributed by atoms with E-state index in [4.69, 9.17) is 4.74 Å². The van der Waals surface area contributed by atoms with Crippen molar-refractivity contribution >= 4 is 5.91 Å². The third-order valence-corrected chi connectivity index (χ3v) is 4.75. The van der Waals surface area contributed by atoms with E-state index in [-0.39, 0.29) is 12.0 Å². The Morgan fingerprint density at radius 1 is 1.42 bits per heavy atom. The highest BCUT2D eigenvalue weighted by Crippen LogP contribution is 2.20. The van der Waals surface area contributed by atoms with E-state index in [2.05, 4.69) is 15.0 Å². The number of hydrogen-bond donors (Lipinski definition) is 0. The first-order chi connectivity index (χ1) is 12.4. The second-order valence-electron chi connectivity index (χ2n) is 7.14. The molecule has 1 aliphatic heterocycles. The summed E-state index contributed by atoms with van der Waals surface area (Å²) in [6.45, 7) is 4.12. The van der Waals surface area contributed by atoms with Gasteiger partial charge in [0.2, 0.25) is 5.91 Å². The van der Waals surface area contributed by atoms with Gasteiger partial charge in [0.15, 0.2) is 0 Å². The summed E-state index contributed by atoms with van der Waals surface area (Å²) in [4.78, 5) is 20.9. The van der Waals surface area contributed by atoms with Gasteiger partial charge < -0.3 is 14.5 Å². The normalized spacial score (nSPS) is 17.1. The van der Waals surface area contributed by atoms with Crippen molar-refractivity contribution < 1.29 is 9.53 Å². The quantitative estimate of drug-likeness (QED) is 0.782. The van der Waals surface area contributed by atoms with E-state index >= 15 is 0 Å². The summed E-state index contributed by atoms with van der Waals surface area (Å²) in [5, 5.41) is 4.21. The first kappa shape index (κ1) is 18.4. The van der Waals surface area contributed by atoms with Crippen molar-refractivity contribution in [1.29, 1.82) is 0 Å². The molecule has 1 amide bonds. The van der Waals surface area contributed by atoms with Crippen LogP contribution in [0.2, 0.25) is 0 Å². The molecular weight excluding hydrogens is 330 g/mol. The van der Waals surface area contributed by atoms with E-state index in [1.54, 1.807) is 17.1 Å². The number of nitrogens with zero attached hydrogens (tertiary/aromatic N) is 5. The van der Waals surface area contributed by atoms with Crippen LogP contribution < -0.4 is 4.74 Å². The van der Waals surface area contributed by atoms with Gasteiger partial charge in [0.1, 0.15) is 11.9 Å². The molecule has 7 nitrogen and oxygen atoms in total. The summed E-state index contributed by atoms with van der Waals surface area (Å²) in [6.07, 6.45) is 4.83. The van der Waals surface area contributed by atoms with Gasteiger partial charge in [0.25, 0.3) is 0 Å². The fraction of sp³-hybridized carbons (Fsp3) is 0.526. The maximum Gasteiger partial charge on any atom is 0.227 e. The van der Waals surface area contributed by atoms with Gasteiger partial charge in [-0.15, -0.1) is 0 Å². The minimum Gasteiger partial charge on any atom is -0.488 e. The molecule has 0 saturated carbocycles. The number of hydrogen-bond acceptors (Lipinski definition) is 5. The molecule has 0 bridgehead atoms. The molecule has 1 aliphatic rings. The fourth-order valence-corrected chi connectivity index (χ4v) is 3.18. The average molecular weight is 357 g/mol. The van der Waals surface area contributed by atoms with Crippen molar-refractivity contribution in [2.24, 2.45) is 7.05 Å². The van der Waals surface area contributed by atoms with E-state index in [0.717, 1.165) is 42.2 Å². The Kier molecular flexibility index (Phi) is 5.56. The van der Waals surface area contributed by atoms with Crippen molar-refractivity contribution in [2.75, 3.05) is 27.2 Å². The lowest BCUT2D eigenvalue weighted by Crippen LogP contribution is -2.32. The van der Waals surface area contributed by atoms with Gasteiger partial charge in [-0.05, 0) is 27.1 Å². The Morgan fingerprint density at radius 3 is 2.92 bits per heavy atom. The summed E-state index contributed by atoms with van der Waals surface area (Å²) < 4.78 is 7.89. The Hall–Kier alpha value is -2.41. The topological polar surface area (TPSA) is 63.5 Å². The summed E-state index contributed by atoms with van der Waals surface area (Å²) in [7, 11) is 5.92. The Balaban J connectivity index is 1.55. The zero-order valence-corrected chi connectivity index (χ0v) is 16.0. The van der Waals surface area contributed by atoms with Gasteiger partial charge in [-0.25, -0.2) is 0 Å². The fourth-order valence-electron chi connectivity index (χ4n) is 3.18. The van der Waals surface area contributed by atoms with Crippen LogP contribution in [0.5, 0.6) is 5.75 Å². The summed E-state index contributed by atoms with van der Waals surface area (Å²) in [5.74, 6) is 0.953. The first-order valence-corrected chi connectivity index (χ1v) is 8.94. The zero-order valence-electron chi connectivity index (χ0n) is 16.0. The molecule has 1 atom stereocenters. The van der Waals surface area contributed by atoms with E-state index in [1.807, 2.05) is 45.1 Å². The minimum atomic E-state index is 0.0311. The number of rotatable bonds is 6. The second kappa shape index (κ2) is 7.86. The molecule has 0 radical (unpaired) electrons. The molecule has 0 N–H and O–H groups in total. The SMILES string of the molecule is Cc1c(CC(=O)N2CCC(Oc3ccnc(CN(C)C)c3)C2)cnn1C.